The minimum atomic E-state index is -0.528. The molecule has 37 heavy (non-hydrogen) atoms. The van der Waals surface area contributed by atoms with Gasteiger partial charge in [-0.2, -0.15) is 5.10 Å². The first kappa shape index (κ1) is 23.1. The fourth-order valence-corrected chi connectivity index (χ4v) is 5.55. The molecule has 0 N–H and O–H groups in total. The van der Waals surface area contributed by atoms with Crippen molar-refractivity contribution in [2.75, 3.05) is 25.0 Å². The minimum absolute atomic E-state index is 0.0195. The number of aromatic nitrogens is 5. The molecule has 1 saturated heterocycles. The van der Waals surface area contributed by atoms with Gasteiger partial charge in [0.2, 0.25) is 5.95 Å². The van der Waals surface area contributed by atoms with Crippen LogP contribution in [0.1, 0.15) is 16.1 Å². The largest absolute Gasteiger partial charge is 0.342 e. The number of hydrogen-bond acceptors (Lipinski definition) is 6. The molecule has 188 valence electrons. The molecule has 1 saturated carbocycles. The topological polar surface area (TPSA) is 89.2 Å². The Hall–Kier alpha value is -4.34. The quantitative estimate of drug-likeness (QED) is 0.420. The zero-order valence-corrected chi connectivity index (χ0v) is 20.7. The van der Waals surface area contributed by atoms with Crippen molar-refractivity contribution >= 4 is 11.9 Å². The lowest BCUT2D eigenvalue weighted by Gasteiger charge is -2.26. The highest BCUT2D eigenvalue weighted by molar-refractivity contribution is 5.95. The predicted molar refractivity (Wildman–Crippen MR) is 136 cm³/mol. The molecule has 10 heteroatoms. The van der Waals surface area contributed by atoms with Crippen LogP contribution in [0, 0.1) is 24.6 Å². The van der Waals surface area contributed by atoms with Gasteiger partial charge in [0, 0.05) is 62.9 Å². The molecule has 3 aromatic heterocycles. The number of piperidine rings is 1. The maximum atomic E-state index is 14.3. The summed E-state index contributed by atoms with van der Waals surface area (Å²) in [7, 11) is 3.56. The summed E-state index contributed by atoms with van der Waals surface area (Å²) in [5.74, 6) is 0.471. The van der Waals surface area contributed by atoms with Gasteiger partial charge in [-0.15, -0.1) is 0 Å². The van der Waals surface area contributed by atoms with E-state index in [0.717, 1.165) is 17.6 Å². The van der Waals surface area contributed by atoms with Crippen molar-refractivity contribution in [2.45, 2.75) is 13.0 Å². The molecule has 0 radical (unpaired) electrons. The van der Waals surface area contributed by atoms with E-state index in [9.17, 15) is 14.0 Å². The first-order valence-electron chi connectivity index (χ1n) is 12.1. The Bertz CT molecular complexity index is 1550. The lowest BCUT2D eigenvalue weighted by Crippen LogP contribution is -2.38. The summed E-state index contributed by atoms with van der Waals surface area (Å²) in [6, 6.07) is 12.7. The molecule has 0 bridgehead atoms. The number of pyridine rings is 1. The molecule has 4 heterocycles. The van der Waals surface area contributed by atoms with Gasteiger partial charge in [-0.3, -0.25) is 19.1 Å². The van der Waals surface area contributed by atoms with Crippen LogP contribution < -0.4 is 10.5 Å². The van der Waals surface area contributed by atoms with Crippen LogP contribution in [0.2, 0.25) is 0 Å². The second-order valence-electron chi connectivity index (χ2n) is 9.72. The molecular weight excluding hydrogens is 473 g/mol. The van der Waals surface area contributed by atoms with E-state index in [2.05, 4.69) is 15.1 Å². The van der Waals surface area contributed by atoms with Crippen LogP contribution in [0.3, 0.4) is 0 Å². The first-order chi connectivity index (χ1) is 17.8. The normalized spacial score (nSPS) is 20.1. The molecule has 1 aliphatic heterocycles. The van der Waals surface area contributed by atoms with E-state index in [-0.39, 0.29) is 40.6 Å². The fourth-order valence-electron chi connectivity index (χ4n) is 5.55. The smallest absolute Gasteiger partial charge is 0.257 e. The molecule has 2 unspecified atom stereocenters. The van der Waals surface area contributed by atoms with Gasteiger partial charge in [0.05, 0.1) is 35.0 Å². The number of likely N-dealkylation sites (tertiary alicyclic amines) is 1. The number of carbonyl (C=O) groups excluding carboxylic acids is 1. The number of benzene rings is 1. The van der Waals surface area contributed by atoms with Crippen molar-refractivity contribution in [2.24, 2.45) is 18.9 Å². The van der Waals surface area contributed by atoms with Crippen LogP contribution in [-0.2, 0) is 7.05 Å². The van der Waals surface area contributed by atoms with Gasteiger partial charge in [0.25, 0.3) is 11.5 Å². The standard InChI is InChI=1S/C27H26FN7O2/c1-16-19(12-30-35(16)17-7-5-4-6-8-17)26(37)34-14-20-21(15-34)25(20)33(3)27-31-23(11-24(36)32(27)2)18-9-10-29-13-22(18)28/h4-13,20-21,25H,14-15H2,1-3H3. The van der Waals surface area contributed by atoms with Gasteiger partial charge in [0.15, 0.2) is 5.82 Å². The van der Waals surface area contributed by atoms with Crippen LogP contribution in [0.5, 0.6) is 0 Å². The predicted octanol–water partition coefficient (Wildman–Crippen LogP) is 2.68. The lowest BCUT2D eigenvalue weighted by molar-refractivity contribution is 0.0772. The summed E-state index contributed by atoms with van der Waals surface area (Å²) in [6.45, 7) is 3.16. The van der Waals surface area contributed by atoms with Crippen LogP contribution in [0.15, 0.2) is 65.8 Å². The molecule has 1 aliphatic carbocycles. The number of hydrogen-bond donors (Lipinski definition) is 0. The summed E-state index contributed by atoms with van der Waals surface area (Å²) in [4.78, 5) is 38.3. The maximum Gasteiger partial charge on any atom is 0.257 e. The Morgan fingerprint density at radius 2 is 1.84 bits per heavy atom. The Kier molecular flexibility index (Phi) is 5.40. The molecule has 0 spiro atoms. The number of halogens is 1. The van der Waals surface area contributed by atoms with Gasteiger partial charge in [-0.1, -0.05) is 18.2 Å². The second kappa shape index (κ2) is 8.65. The molecule has 2 fully saturated rings. The summed E-state index contributed by atoms with van der Waals surface area (Å²) in [5.41, 5.74) is 2.57. The Morgan fingerprint density at radius 1 is 1.11 bits per heavy atom. The van der Waals surface area contributed by atoms with E-state index >= 15 is 0 Å². The van der Waals surface area contributed by atoms with Crippen molar-refractivity contribution in [1.82, 2.24) is 29.2 Å². The van der Waals surface area contributed by atoms with Crippen molar-refractivity contribution in [3.63, 3.8) is 0 Å². The Morgan fingerprint density at radius 3 is 2.54 bits per heavy atom. The molecule has 9 nitrogen and oxygen atoms in total. The average molecular weight is 500 g/mol. The number of anilines is 1. The third-order valence-corrected chi connectivity index (χ3v) is 7.60. The molecular formula is C27H26FN7O2. The van der Waals surface area contributed by atoms with Gasteiger partial charge in [-0.25, -0.2) is 14.1 Å². The number of amides is 1. The van der Waals surface area contributed by atoms with Gasteiger partial charge < -0.3 is 9.80 Å². The highest BCUT2D eigenvalue weighted by Crippen LogP contribution is 2.49. The first-order valence-corrected chi connectivity index (χ1v) is 12.1. The van der Waals surface area contributed by atoms with E-state index in [1.807, 2.05) is 54.1 Å². The van der Waals surface area contributed by atoms with E-state index < -0.39 is 5.82 Å². The summed E-state index contributed by atoms with van der Waals surface area (Å²) in [6.07, 6.45) is 4.23. The van der Waals surface area contributed by atoms with Gasteiger partial charge in [0.1, 0.15) is 0 Å². The zero-order valence-electron chi connectivity index (χ0n) is 20.7. The summed E-state index contributed by atoms with van der Waals surface area (Å²) < 4.78 is 17.6. The number of nitrogens with zero attached hydrogens (tertiary/aromatic N) is 7. The second-order valence-corrected chi connectivity index (χ2v) is 9.72. The highest BCUT2D eigenvalue weighted by atomic mass is 19.1. The SMILES string of the molecule is Cc1c(C(=O)N2CC3C(C2)C3N(C)c2nc(-c3ccncc3F)cc(=O)n2C)cnn1-c1ccccc1. The summed E-state index contributed by atoms with van der Waals surface area (Å²) in [5, 5.41) is 4.44. The fraction of sp³-hybridized carbons (Fsp3) is 0.296. The molecule has 6 rings (SSSR count). The number of carbonyl (C=O) groups is 1. The minimum Gasteiger partial charge on any atom is -0.342 e. The van der Waals surface area contributed by atoms with E-state index in [4.69, 9.17) is 0 Å². The zero-order chi connectivity index (χ0) is 25.8. The van der Waals surface area contributed by atoms with Crippen molar-refractivity contribution in [3.8, 4) is 16.9 Å². The molecule has 1 aromatic carbocycles. The number of fused-ring (bicyclic) bond motifs is 1. The van der Waals surface area contributed by atoms with Crippen LogP contribution in [-0.4, -0.2) is 61.3 Å². The molecule has 4 aromatic rings. The van der Waals surface area contributed by atoms with Crippen molar-refractivity contribution < 1.29 is 9.18 Å². The van der Waals surface area contributed by atoms with Crippen molar-refractivity contribution in [1.29, 1.82) is 0 Å². The van der Waals surface area contributed by atoms with Gasteiger partial charge >= 0.3 is 0 Å². The third-order valence-electron chi connectivity index (χ3n) is 7.60. The van der Waals surface area contributed by atoms with E-state index in [1.165, 1.54) is 22.9 Å². The summed E-state index contributed by atoms with van der Waals surface area (Å²) >= 11 is 0. The Balaban J connectivity index is 1.19. The average Bonchev–Trinajstić information content (AvgIpc) is 3.20. The Labute approximate surface area is 212 Å². The molecule has 2 atom stereocenters. The molecule has 1 amide bonds. The van der Waals surface area contributed by atoms with E-state index in [1.54, 1.807) is 17.9 Å². The number of para-hydroxylation sites is 1. The van der Waals surface area contributed by atoms with Gasteiger partial charge in [-0.05, 0) is 25.1 Å². The monoisotopic (exact) mass is 499 g/mol. The van der Waals surface area contributed by atoms with Crippen molar-refractivity contribution in [3.05, 3.63) is 88.5 Å². The van der Waals surface area contributed by atoms with Crippen LogP contribution >= 0.6 is 0 Å². The number of rotatable bonds is 5. The molecule has 2 aliphatic rings. The third kappa shape index (κ3) is 3.80. The maximum absolute atomic E-state index is 14.3. The van der Waals surface area contributed by atoms with Crippen LogP contribution in [0.25, 0.3) is 16.9 Å². The van der Waals surface area contributed by atoms with Crippen LogP contribution in [0.4, 0.5) is 10.3 Å². The van der Waals surface area contributed by atoms with E-state index in [0.29, 0.717) is 24.6 Å². The highest BCUT2D eigenvalue weighted by Gasteiger charge is 2.59. The lowest BCUT2D eigenvalue weighted by atomic mass is 10.2.